The van der Waals surface area contributed by atoms with Crippen LogP contribution in [-0.2, 0) is 17.1 Å². The Kier molecular flexibility index (Phi) is 4.24. The molecule has 2 heterocycles. The van der Waals surface area contributed by atoms with Crippen LogP contribution in [0.5, 0.6) is 0 Å². The minimum Gasteiger partial charge on any atom is -0.327 e. The number of aromatic nitrogens is 3. The van der Waals surface area contributed by atoms with E-state index in [4.69, 9.17) is 2.74 Å². The van der Waals surface area contributed by atoms with Gasteiger partial charge < -0.3 is 4.90 Å². The van der Waals surface area contributed by atoms with Crippen molar-refractivity contribution in [3.05, 3.63) is 41.7 Å². The van der Waals surface area contributed by atoms with E-state index in [1.165, 1.54) is 0 Å². The van der Waals surface area contributed by atoms with Gasteiger partial charge in [0.15, 0.2) is 5.82 Å². The fourth-order valence-corrected chi connectivity index (χ4v) is 2.37. The molecule has 1 aliphatic rings. The van der Waals surface area contributed by atoms with Gasteiger partial charge in [0.1, 0.15) is 6.33 Å². The van der Waals surface area contributed by atoms with E-state index >= 15 is 0 Å². The highest BCUT2D eigenvalue weighted by atomic mass is 19.4. The molecular formula is C16H10F8N4O. The topological polar surface area (TPSA) is 51.0 Å². The van der Waals surface area contributed by atoms with Crippen LogP contribution in [0.15, 0.2) is 30.6 Å². The number of carbonyl (C=O) groups is 1. The van der Waals surface area contributed by atoms with Crippen LogP contribution in [0.25, 0.3) is 17.6 Å². The largest absolute Gasteiger partial charge is 0.416 e. The molecular weight excluding hydrogens is 416 g/mol. The molecule has 0 atom stereocenters. The van der Waals surface area contributed by atoms with Crippen LogP contribution in [0.1, 0.15) is 13.9 Å². The third-order valence-electron chi connectivity index (χ3n) is 3.75. The Morgan fingerprint density at radius 3 is 2.10 bits per heavy atom. The molecule has 1 saturated heterocycles. The molecule has 0 aliphatic carbocycles. The van der Waals surface area contributed by atoms with Gasteiger partial charge in [0.25, 0.3) is 5.92 Å². The maximum Gasteiger partial charge on any atom is 0.416 e. The van der Waals surface area contributed by atoms with Gasteiger partial charge in [0, 0.05) is 17.8 Å². The van der Waals surface area contributed by atoms with Gasteiger partial charge in [-0.25, -0.2) is 18.4 Å². The van der Waals surface area contributed by atoms with Crippen molar-refractivity contribution < 1.29 is 42.7 Å². The second-order valence-corrected chi connectivity index (χ2v) is 6.06. The predicted molar refractivity (Wildman–Crippen MR) is 82.3 cm³/mol. The van der Waals surface area contributed by atoms with Crippen LogP contribution in [0, 0.1) is 0 Å². The fourth-order valence-electron chi connectivity index (χ4n) is 2.37. The van der Waals surface area contributed by atoms with Gasteiger partial charge in [-0.15, -0.1) is 5.10 Å². The van der Waals surface area contributed by atoms with Crippen LogP contribution in [0.3, 0.4) is 0 Å². The SMILES string of the molecule is [2H]/C(C(=O)N1CC(F)(F)C1)=C(\[2H])n1cnc(-c2cc(C(F)(F)F)cc(C(F)(F)F)c2)n1. The van der Waals surface area contributed by atoms with E-state index in [0.29, 0.717) is 28.0 Å². The first-order valence-corrected chi connectivity index (χ1v) is 7.65. The summed E-state index contributed by atoms with van der Waals surface area (Å²) in [4.78, 5) is 16.1. The number of alkyl halides is 8. The molecule has 0 radical (unpaired) electrons. The number of halogens is 8. The lowest BCUT2D eigenvalue weighted by Gasteiger charge is -2.37. The summed E-state index contributed by atoms with van der Waals surface area (Å²) in [5.41, 5.74) is -3.88. The zero-order chi connectivity index (χ0) is 23.4. The van der Waals surface area contributed by atoms with Crippen molar-refractivity contribution >= 4 is 12.1 Å². The van der Waals surface area contributed by atoms with Gasteiger partial charge in [0.2, 0.25) is 5.91 Å². The van der Waals surface area contributed by atoms with Gasteiger partial charge >= 0.3 is 12.4 Å². The predicted octanol–water partition coefficient (Wildman–Crippen LogP) is 3.93. The molecule has 1 amide bonds. The van der Waals surface area contributed by atoms with Crippen molar-refractivity contribution in [2.24, 2.45) is 0 Å². The maximum absolute atomic E-state index is 13.0. The first-order valence-electron chi connectivity index (χ1n) is 8.65. The smallest absolute Gasteiger partial charge is 0.327 e. The highest BCUT2D eigenvalue weighted by Crippen LogP contribution is 2.38. The van der Waals surface area contributed by atoms with Gasteiger partial charge in [-0.1, -0.05) is 0 Å². The summed E-state index contributed by atoms with van der Waals surface area (Å²) in [6.45, 7) is -1.90. The van der Waals surface area contributed by atoms with Crippen molar-refractivity contribution in [2.75, 3.05) is 13.1 Å². The molecule has 1 aromatic carbocycles. The molecule has 5 nitrogen and oxygen atoms in total. The summed E-state index contributed by atoms with van der Waals surface area (Å²) in [6, 6.07) is -0.402. The third kappa shape index (κ3) is 4.71. The lowest BCUT2D eigenvalue weighted by molar-refractivity contribution is -0.160. The van der Waals surface area contributed by atoms with Gasteiger partial charge in [-0.2, -0.15) is 26.3 Å². The Labute approximate surface area is 160 Å². The summed E-state index contributed by atoms with van der Waals surface area (Å²) in [5.74, 6) is -4.97. The number of hydrogen-bond donors (Lipinski definition) is 0. The Bertz CT molecular complexity index is 1020. The van der Waals surface area contributed by atoms with Crippen LogP contribution in [0.4, 0.5) is 35.1 Å². The number of nitrogens with zero attached hydrogens (tertiary/aromatic N) is 4. The van der Waals surface area contributed by atoms with Crippen molar-refractivity contribution in [1.82, 2.24) is 19.7 Å². The van der Waals surface area contributed by atoms with E-state index in [2.05, 4.69) is 10.1 Å². The average Bonchev–Trinajstić information content (AvgIpc) is 3.12. The van der Waals surface area contributed by atoms with Crippen LogP contribution < -0.4 is 0 Å². The lowest BCUT2D eigenvalue weighted by atomic mass is 10.0. The molecule has 156 valence electrons. The highest BCUT2D eigenvalue weighted by molar-refractivity contribution is 5.90. The van der Waals surface area contributed by atoms with Gasteiger partial charge in [0.05, 0.1) is 27.0 Å². The molecule has 1 aliphatic heterocycles. The fraction of sp³-hybridized carbons (Fsp3) is 0.312. The van der Waals surface area contributed by atoms with E-state index in [9.17, 15) is 39.9 Å². The molecule has 3 rings (SSSR count). The number of amides is 1. The van der Waals surface area contributed by atoms with Gasteiger partial charge in [-0.3, -0.25) is 4.79 Å². The maximum atomic E-state index is 13.0. The molecule has 0 N–H and O–H groups in total. The minimum absolute atomic E-state index is 0.0836. The number of carbonyl (C=O) groups excluding carboxylic acids is 1. The van der Waals surface area contributed by atoms with Crippen molar-refractivity contribution in [2.45, 2.75) is 18.3 Å². The second kappa shape index (κ2) is 6.81. The summed E-state index contributed by atoms with van der Waals surface area (Å²) in [7, 11) is 0. The molecule has 1 fully saturated rings. The molecule has 0 spiro atoms. The Morgan fingerprint density at radius 2 is 1.62 bits per heavy atom. The Balaban J connectivity index is 1.95. The Hall–Kier alpha value is -2.99. The van der Waals surface area contributed by atoms with Crippen LogP contribution >= 0.6 is 0 Å². The van der Waals surface area contributed by atoms with E-state index < -0.39 is 72.0 Å². The molecule has 0 saturated carbocycles. The standard InChI is InChI=1S/C16H10F8N4O/c17-14(18)6-27(7-14)12(29)1-2-28-8-25-13(26-28)9-3-10(15(19,20)21)5-11(4-9)16(22,23)24/h1-5,8H,6-7H2/b2-1-/i1D,2D. The van der Waals surface area contributed by atoms with Crippen LogP contribution in [-0.4, -0.2) is 44.6 Å². The van der Waals surface area contributed by atoms with E-state index in [-0.39, 0.29) is 6.07 Å². The van der Waals surface area contributed by atoms with E-state index in [0.717, 1.165) is 0 Å². The van der Waals surface area contributed by atoms with Crippen molar-refractivity contribution in [3.8, 4) is 11.4 Å². The summed E-state index contributed by atoms with van der Waals surface area (Å²) in [5, 5.41) is 3.55. The summed E-state index contributed by atoms with van der Waals surface area (Å²) >= 11 is 0. The molecule has 2 aromatic rings. The first-order chi connectivity index (χ1) is 14.1. The molecule has 0 bridgehead atoms. The molecule has 0 unspecified atom stereocenters. The summed E-state index contributed by atoms with van der Waals surface area (Å²) < 4.78 is 119. The normalized spacial score (nSPS) is 18.6. The molecule has 1 aromatic heterocycles. The second-order valence-electron chi connectivity index (χ2n) is 6.06. The number of likely N-dealkylation sites (tertiary alicyclic amines) is 1. The average molecular weight is 428 g/mol. The number of rotatable bonds is 3. The van der Waals surface area contributed by atoms with E-state index in [1.807, 2.05) is 0 Å². The van der Waals surface area contributed by atoms with E-state index in [1.54, 1.807) is 0 Å². The Morgan fingerprint density at radius 1 is 1.07 bits per heavy atom. The zero-order valence-electron chi connectivity index (χ0n) is 15.9. The first kappa shape index (κ1) is 18.1. The van der Waals surface area contributed by atoms with Crippen molar-refractivity contribution in [3.63, 3.8) is 0 Å². The number of hydrogen-bond acceptors (Lipinski definition) is 3. The molecule has 13 heteroatoms. The third-order valence-corrected chi connectivity index (χ3v) is 3.75. The minimum atomic E-state index is -5.10. The highest BCUT2D eigenvalue weighted by Gasteiger charge is 2.45. The van der Waals surface area contributed by atoms with Gasteiger partial charge in [-0.05, 0) is 18.2 Å². The monoisotopic (exact) mass is 428 g/mol. The lowest BCUT2D eigenvalue weighted by Crippen LogP contribution is -2.58. The summed E-state index contributed by atoms with van der Waals surface area (Å²) in [6.07, 6.45) is -10.5. The van der Waals surface area contributed by atoms with Crippen molar-refractivity contribution in [1.29, 1.82) is 0 Å². The quantitative estimate of drug-likeness (QED) is 0.550. The number of benzene rings is 1. The molecule has 29 heavy (non-hydrogen) atoms. The zero-order valence-corrected chi connectivity index (χ0v) is 13.9. The van der Waals surface area contributed by atoms with Crippen LogP contribution in [0.2, 0.25) is 0 Å².